The van der Waals surface area contributed by atoms with Gasteiger partial charge in [-0.15, -0.1) is 0 Å². The Morgan fingerprint density at radius 1 is 1.07 bits per heavy atom. The van der Waals surface area contributed by atoms with Crippen molar-refractivity contribution in [2.24, 2.45) is 4.99 Å². The monoisotopic (exact) mass is 401 g/mol. The molecule has 5 nitrogen and oxygen atoms in total. The minimum atomic E-state index is -0.506. The van der Waals surface area contributed by atoms with Crippen LogP contribution in [0.15, 0.2) is 53.8 Å². The van der Waals surface area contributed by atoms with E-state index in [0.29, 0.717) is 29.6 Å². The van der Waals surface area contributed by atoms with Crippen molar-refractivity contribution in [2.45, 2.75) is 26.9 Å². The lowest BCUT2D eigenvalue weighted by Crippen LogP contribution is -2.37. The van der Waals surface area contributed by atoms with Crippen LogP contribution in [0.25, 0.3) is 5.69 Å². The minimum absolute atomic E-state index is 0.0721. The summed E-state index contributed by atoms with van der Waals surface area (Å²) in [5.74, 6) is -0.265. The first-order valence-corrected chi connectivity index (χ1v) is 9.22. The molecule has 0 aliphatic rings. The number of guanidine groups is 1. The molecule has 1 heterocycles. The van der Waals surface area contributed by atoms with Crippen LogP contribution < -0.4 is 10.6 Å². The summed E-state index contributed by atoms with van der Waals surface area (Å²) in [6.45, 7) is 4.57. The van der Waals surface area contributed by atoms with E-state index >= 15 is 0 Å². The maximum absolute atomic E-state index is 14.5. The summed E-state index contributed by atoms with van der Waals surface area (Å²) in [5.41, 5.74) is 1.29. The molecular weight excluding hydrogens is 379 g/mol. The third-order valence-electron chi connectivity index (χ3n) is 4.32. The number of aromatic nitrogens is 2. The second-order valence-electron chi connectivity index (χ2n) is 6.41. The quantitative estimate of drug-likeness (QED) is 0.487. The molecule has 0 amide bonds. The third-order valence-corrected chi connectivity index (χ3v) is 4.32. The highest BCUT2D eigenvalue weighted by Crippen LogP contribution is 2.17. The maximum Gasteiger partial charge on any atom is 0.191 e. The van der Waals surface area contributed by atoms with Gasteiger partial charge >= 0.3 is 0 Å². The summed E-state index contributed by atoms with van der Waals surface area (Å²) < 4.78 is 43.3. The average molecular weight is 401 g/mol. The van der Waals surface area contributed by atoms with Crippen LogP contribution in [-0.2, 0) is 13.1 Å². The molecule has 2 N–H and O–H groups in total. The van der Waals surface area contributed by atoms with Crippen molar-refractivity contribution in [1.82, 2.24) is 20.2 Å². The van der Waals surface area contributed by atoms with E-state index in [9.17, 15) is 13.2 Å². The standard InChI is InChI=1S/C21H22F3N5/c1-3-25-21(28-13-16-11-17(22)5-6-18(16)23)27-12-15-4-7-20(19(24)10-15)29-9-8-26-14(29)2/h4-11H,3,12-13H2,1-2H3,(H2,25,27,28). The van der Waals surface area contributed by atoms with E-state index in [4.69, 9.17) is 0 Å². The van der Waals surface area contributed by atoms with Gasteiger partial charge < -0.3 is 15.2 Å². The van der Waals surface area contributed by atoms with Crippen molar-refractivity contribution >= 4 is 5.96 Å². The Balaban J connectivity index is 1.70. The molecule has 8 heteroatoms. The van der Waals surface area contributed by atoms with E-state index in [-0.39, 0.29) is 24.5 Å². The van der Waals surface area contributed by atoms with E-state index < -0.39 is 11.6 Å². The van der Waals surface area contributed by atoms with Gasteiger partial charge in [-0.3, -0.25) is 0 Å². The highest BCUT2D eigenvalue weighted by Gasteiger charge is 2.09. The molecule has 0 radical (unpaired) electrons. The molecule has 1 aromatic heterocycles. The number of aliphatic imine (C=N–C) groups is 1. The Morgan fingerprint density at radius 3 is 2.59 bits per heavy atom. The van der Waals surface area contributed by atoms with Gasteiger partial charge in [0.05, 0.1) is 12.2 Å². The highest BCUT2D eigenvalue weighted by atomic mass is 19.1. The largest absolute Gasteiger partial charge is 0.357 e. The van der Waals surface area contributed by atoms with Gasteiger partial charge in [-0.25, -0.2) is 23.1 Å². The second kappa shape index (κ2) is 9.27. The average Bonchev–Trinajstić information content (AvgIpc) is 3.12. The maximum atomic E-state index is 14.5. The van der Waals surface area contributed by atoms with Crippen molar-refractivity contribution in [3.8, 4) is 5.69 Å². The summed E-state index contributed by atoms with van der Waals surface area (Å²) in [5, 5.41) is 5.99. The molecule has 2 aromatic carbocycles. The zero-order chi connectivity index (χ0) is 20.8. The summed E-state index contributed by atoms with van der Waals surface area (Å²) in [4.78, 5) is 8.50. The van der Waals surface area contributed by atoms with Gasteiger partial charge in [-0.05, 0) is 49.7 Å². The second-order valence-corrected chi connectivity index (χ2v) is 6.41. The Labute approximate surface area is 167 Å². The highest BCUT2D eigenvalue weighted by molar-refractivity contribution is 5.79. The van der Waals surface area contributed by atoms with Crippen LogP contribution in [0.4, 0.5) is 13.2 Å². The summed E-state index contributed by atoms with van der Waals surface area (Å²) in [7, 11) is 0. The fourth-order valence-electron chi connectivity index (χ4n) is 2.85. The first kappa shape index (κ1) is 20.4. The molecule has 0 aliphatic heterocycles. The lowest BCUT2D eigenvalue weighted by atomic mass is 10.2. The van der Waals surface area contributed by atoms with Crippen LogP contribution in [0.3, 0.4) is 0 Å². The Hall–Kier alpha value is -3.29. The van der Waals surface area contributed by atoms with E-state index in [0.717, 1.165) is 18.2 Å². The SMILES string of the molecule is CCNC(=NCc1ccc(-n2ccnc2C)c(F)c1)NCc1cc(F)ccc1F. The molecule has 0 atom stereocenters. The molecule has 0 saturated carbocycles. The van der Waals surface area contributed by atoms with Gasteiger partial charge in [0.15, 0.2) is 5.96 Å². The molecule has 152 valence electrons. The summed E-state index contributed by atoms with van der Waals surface area (Å²) in [6, 6.07) is 8.19. The fourth-order valence-corrected chi connectivity index (χ4v) is 2.85. The molecule has 0 aliphatic carbocycles. The number of hydrogen-bond donors (Lipinski definition) is 2. The Bertz CT molecular complexity index is 1010. The number of rotatable bonds is 6. The lowest BCUT2D eigenvalue weighted by Gasteiger charge is -2.12. The molecule has 3 rings (SSSR count). The van der Waals surface area contributed by atoms with Crippen molar-refractivity contribution in [3.05, 3.63) is 83.2 Å². The topological polar surface area (TPSA) is 54.2 Å². The number of nitrogens with zero attached hydrogens (tertiary/aromatic N) is 3. The zero-order valence-corrected chi connectivity index (χ0v) is 16.2. The first-order valence-electron chi connectivity index (χ1n) is 9.22. The number of nitrogens with one attached hydrogen (secondary N) is 2. The smallest absolute Gasteiger partial charge is 0.191 e. The summed E-state index contributed by atoms with van der Waals surface area (Å²) in [6.07, 6.45) is 3.31. The van der Waals surface area contributed by atoms with Gasteiger partial charge in [0, 0.05) is 31.0 Å². The van der Waals surface area contributed by atoms with E-state index in [1.165, 1.54) is 6.07 Å². The zero-order valence-electron chi connectivity index (χ0n) is 16.2. The molecular formula is C21H22F3N5. The van der Waals surface area contributed by atoms with E-state index in [2.05, 4.69) is 20.6 Å². The normalized spacial score (nSPS) is 11.6. The fraction of sp³-hybridized carbons (Fsp3) is 0.238. The molecule has 0 spiro atoms. The lowest BCUT2D eigenvalue weighted by molar-refractivity contribution is 0.581. The Morgan fingerprint density at radius 2 is 1.90 bits per heavy atom. The van der Waals surface area contributed by atoms with Crippen molar-refractivity contribution in [3.63, 3.8) is 0 Å². The van der Waals surface area contributed by atoms with Crippen molar-refractivity contribution < 1.29 is 13.2 Å². The van der Waals surface area contributed by atoms with Crippen LogP contribution in [0, 0.1) is 24.4 Å². The number of aryl methyl sites for hydroxylation is 1. The Kier molecular flexibility index (Phi) is 6.54. The molecule has 0 unspecified atom stereocenters. The van der Waals surface area contributed by atoms with Crippen LogP contribution >= 0.6 is 0 Å². The van der Waals surface area contributed by atoms with Gasteiger partial charge in [-0.1, -0.05) is 6.07 Å². The molecule has 29 heavy (non-hydrogen) atoms. The van der Waals surface area contributed by atoms with Gasteiger partial charge in [0.25, 0.3) is 0 Å². The number of halogens is 3. The molecule has 0 fully saturated rings. The molecule has 0 bridgehead atoms. The number of imidazole rings is 1. The first-order chi connectivity index (χ1) is 14.0. The van der Waals surface area contributed by atoms with Gasteiger partial charge in [-0.2, -0.15) is 0 Å². The van der Waals surface area contributed by atoms with Crippen LogP contribution in [0.1, 0.15) is 23.9 Å². The predicted molar refractivity (Wildman–Crippen MR) is 106 cm³/mol. The van der Waals surface area contributed by atoms with Crippen LogP contribution in [-0.4, -0.2) is 22.1 Å². The van der Waals surface area contributed by atoms with Crippen molar-refractivity contribution in [1.29, 1.82) is 0 Å². The summed E-state index contributed by atoms with van der Waals surface area (Å²) >= 11 is 0. The van der Waals surface area contributed by atoms with E-state index in [1.54, 1.807) is 36.0 Å². The third kappa shape index (κ3) is 5.16. The van der Waals surface area contributed by atoms with Gasteiger partial charge in [0.1, 0.15) is 23.3 Å². The van der Waals surface area contributed by atoms with Crippen LogP contribution in [0.2, 0.25) is 0 Å². The minimum Gasteiger partial charge on any atom is -0.357 e. The predicted octanol–water partition coefficient (Wildman–Crippen LogP) is 3.85. The van der Waals surface area contributed by atoms with E-state index in [1.807, 2.05) is 6.92 Å². The molecule has 3 aromatic rings. The van der Waals surface area contributed by atoms with Crippen molar-refractivity contribution in [2.75, 3.05) is 6.54 Å². The number of benzene rings is 2. The van der Waals surface area contributed by atoms with Gasteiger partial charge in [0.2, 0.25) is 0 Å². The van der Waals surface area contributed by atoms with Crippen LogP contribution in [0.5, 0.6) is 0 Å². The molecule has 0 saturated heterocycles. The number of hydrogen-bond acceptors (Lipinski definition) is 2.